The lowest BCUT2D eigenvalue weighted by atomic mass is 10.2. The maximum Gasteiger partial charge on any atom is 0.00791 e. The zero-order chi connectivity index (χ0) is 6.69. The van der Waals surface area contributed by atoms with Crippen LogP contribution in [0.3, 0.4) is 0 Å². The molecule has 1 heteroatoms. The molecular formula is C8H15N. The van der Waals surface area contributed by atoms with E-state index in [0.717, 1.165) is 6.42 Å². The van der Waals surface area contributed by atoms with E-state index < -0.39 is 0 Å². The van der Waals surface area contributed by atoms with Gasteiger partial charge in [0.1, 0.15) is 0 Å². The van der Waals surface area contributed by atoms with Gasteiger partial charge in [0, 0.05) is 6.04 Å². The predicted molar refractivity (Wildman–Crippen MR) is 40.2 cm³/mol. The van der Waals surface area contributed by atoms with E-state index in [-0.39, 0.29) is 0 Å². The summed E-state index contributed by atoms with van der Waals surface area (Å²) in [5.41, 5.74) is 7.29. The van der Waals surface area contributed by atoms with Crippen LogP contribution in [0.25, 0.3) is 0 Å². The van der Waals surface area contributed by atoms with Gasteiger partial charge in [-0.2, -0.15) is 0 Å². The fourth-order valence-corrected chi connectivity index (χ4v) is 1.39. The molecule has 1 aliphatic rings. The Balaban J connectivity index is 2.38. The van der Waals surface area contributed by atoms with Gasteiger partial charge in [-0.05, 0) is 25.7 Å². The summed E-state index contributed by atoms with van der Waals surface area (Å²) in [5, 5.41) is 0. The molecule has 1 fully saturated rings. The van der Waals surface area contributed by atoms with E-state index in [1.807, 2.05) is 0 Å². The highest BCUT2D eigenvalue weighted by molar-refractivity contribution is 5.09. The Morgan fingerprint density at radius 3 is 3.00 bits per heavy atom. The first kappa shape index (κ1) is 6.81. The van der Waals surface area contributed by atoms with Crippen molar-refractivity contribution in [1.82, 2.24) is 0 Å². The van der Waals surface area contributed by atoms with Crippen molar-refractivity contribution in [2.24, 2.45) is 5.73 Å². The van der Waals surface area contributed by atoms with Crippen LogP contribution in [0.5, 0.6) is 0 Å². The summed E-state index contributed by atoms with van der Waals surface area (Å²) in [6.45, 7) is 2.18. The van der Waals surface area contributed by atoms with Gasteiger partial charge in [-0.1, -0.05) is 18.6 Å². The highest BCUT2D eigenvalue weighted by atomic mass is 14.6. The summed E-state index contributed by atoms with van der Waals surface area (Å²) in [5.74, 6) is 0. The molecule has 0 aromatic rings. The molecular weight excluding hydrogens is 110 g/mol. The van der Waals surface area contributed by atoms with Crippen molar-refractivity contribution in [3.8, 4) is 0 Å². The van der Waals surface area contributed by atoms with Crippen LogP contribution in [0.15, 0.2) is 11.6 Å². The van der Waals surface area contributed by atoms with Crippen LogP contribution in [0.2, 0.25) is 0 Å². The fraction of sp³-hybridized carbons (Fsp3) is 0.750. The topological polar surface area (TPSA) is 26.0 Å². The van der Waals surface area contributed by atoms with E-state index in [1.165, 1.54) is 19.3 Å². The van der Waals surface area contributed by atoms with E-state index >= 15 is 0 Å². The minimum Gasteiger partial charge on any atom is -0.327 e. The number of nitrogens with two attached hydrogens (primary N) is 1. The molecule has 0 aliphatic heterocycles. The van der Waals surface area contributed by atoms with Gasteiger partial charge in [0.15, 0.2) is 0 Å². The standard InChI is InChI=1S/C8H15N/c1-2-3-7-4-5-8(9)6-7/h3,8H,2,4-6,9H2,1H3. The van der Waals surface area contributed by atoms with Crippen LogP contribution in [-0.2, 0) is 0 Å². The number of hydrogen-bond donors (Lipinski definition) is 1. The molecule has 0 amide bonds. The molecule has 1 rings (SSSR count). The smallest absolute Gasteiger partial charge is 0.00791 e. The number of hydrogen-bond acceptors (Lipinski definition) is 1. The molecule has 0 saturated heterocycles. The third-order valence-corrected chi connectivity index (χ3v) is 1.85. The summed E-state index contributed by atoms with van der Waals surface area (Å²) in [7, 11) is 0. The molecule has 1 atom stereocenters. The van der Waals surface area contributed by atoms with Crippen molar-refractivity contribution in [3.05, 3.63) is 11.6 Å². The molecule has 0 spiro atoms. The lowest BCUT2D eigenvalue weighted by molar-refractivity contribution is 0.711. The lowest BCUT2D eigenvalue weighted by Gasteiger charge is -1.95. The van der Waals surface area contributed by atoms with Gasteiger partial charge in [0.05, 0.1) is 0 Å². The van der Waals surface area contributed by atoms with Crippen molar-refractivity contribution in [1.29, 1.82) is 0 Å². The highest BCUT2D eigenvalue weighted by Crippen LogP contribution is 2.22. The zero-order valence-electron chi connectivity index (χ0n) is 6.06. The first-order valence-electron chi connectivity index (χ1n) is 3.76. The molecule has 0 aromatic carbocycles. The van der Waals surface area contributed by atoms with Crippen LogP contribution >= 0.6 is 0 Å². The zero-order valence-corrected chi connectivity index (χ0v) is 6.06. The van der Waals surface area contributed by atoms with E-state index in [2.05, 4.69) is 13.0 Å². The first-order chi connectivity index (χ1) is 4.33. The summed E-state index contributed by atoms with van der Waals surface area (Å²) < 4.78 is 0. The van der Waals surface area contributed by atoms with Crippen molar-refractivity contribution in [2.45, 2.75) is 38.6 Å². The predicted octanol–water partition coefficient (Wildman–Crippen LogP) is 1.83. The third kappa shape index (κ3) is 1.83. The fourth-order valence-electron chi connectivity index (χ4n) is 1.39. The Labute approximate surface area is 56.9 Å². The van der Waals surface area contributed by atoms with Crippen molar-refractivity contribution in [3.63, 3.8) is 0 Å². The molecule has 1 nitrogen and oxygen atoms in total. The van der Waals surface area contributed by atoms with Gasteiger partial charge in [0.25, 0.3) is 0 Å². The second-order valence-electron chi connectivity index (χ2n) is 2.77. The van der Waals surface area contributed by atoms with Crippen LogP contribution < -0.4 is 5.73 Å². The van der Waals surface area contributed by atoms with Crippen molar-refractivity contribution >= 4 is 0 Å². The number of rotatable bonds is 1. The van der Waals surface area contributed by atoms with Gasteiger partial charge in [-0.3, -0.25) is 0 Å². The summed E-state index contributed by atoms with van der Waals surface area (Å²) in [6.07, 6.45) is 7.07. The summed E-state index contributed by atoms with van der Waals surface area (Å²) >= 11 is 0. The van der Waals surface area contributed by atoms with E-state index in [0.29, 0.717) is 6.04 Å². The summed E-state index contributed by atoms with van der Waals surface area (Å²) in [6, 6.07) is 0.461. The van der Waals surface area contributed by atoms with Crippen LogP contribution in [0, 0.1) is 0 Å². The largest absolute Gasteiger partial charge is 0.327 e. The minimum absolute atomic E-state index is 0.461. The van der Waals surface area contributed by atoms with Crippen LogP contribution in [-0.4, -0.2) is 6.04 Å². The van der Waals surface area contributed by atoms with Gasteiger partial charge >= 0.3 is 0 Å². The molecule has 0 radical (unpaired) electrons. The Bertz CT molecular complexity index is 116. The quantitative estimate of drug-likeness (QED) is 0.532. The molecule has 1 aliphatic carbocycles. The lowest BCUT2D eigenvalue weighted by Crippen LogP contribution is -2.13. The first-order valence-corrected chi connectivity index (χ1v) is 3.76. The highest BCUT2D eigenvalue weighted by Gasteiger charge is 2.13. The second-order valence-corrected chi connectivity index (χ2v) is 2.77. The molecule has 0 aromatic heterocycles. The van der Waals surface area contributed by atoms with Crippen molar-refractivity contribution < 1.29 is 0 Å². The minimum atomic E-state index is 0.461. The van der Waals surface area contributed by atoms with Gasteiger partial charge in [-0.25, -0.2) is 0 Å². The molecule has 52 valence electrons. The average molecular weight is 125 g/mol. The van der Waals surface area contributed by atoms with E-state index in [9.17, 15) is 0 Å². The van der Waals surface area contributed by atoms with Crippen molar-refractivity contribution in [2.75, 3.05) is 0 Å². The Morgan fingerprint density at radius 2 is 2.56 bits per heavy atom. The SMILES string of the molecule is CCC=C1CCC(N)C1. The molecule has 0 heterocycles. The molecule has 1 unspecified atom stereocenters. The summed E-state index contributed by atoms with van der Waals surface area (Å²) in [4.78, 5) is 0. The Hall–Kier alpha value is -0.300. The van der Waals surface area contributed by atoms with Crippen LogP contribution in [0.1, 0.15) is 32.6 Å². The van der Waals surface area contributed by atoms with Crippen LogP contribution in [0.4, 0.5) is 0 Å². The van der Waals surface area contributed by atoms with Gasteiger partial charge < -0.3 is 5.73 Å². The maximum absolute atomic E-state index is 5.71. The molecule has 0 bridgehead atoms. The van der Waals surface area contributed by atoms with Gasteiger partial charge in [0.2, 0.25) is 0 Å². The Kier molecular flexibility index (Phi) is 2.29. The second kappa shape index (κ2) is 3.02. The Morgan fingerprint density at radius 1 is 1.78 bits per heavy atom. The average Bonchev–Trinajstić information content (AvgIpc) is 2.17. The normalized spacial score (nSPS) is 31.8. The van der Waals surface area contributed by atoms with Gasteiger partial charge in [-0.15, -0.1) is 0 Å². The molecule has 9 heavy (non-hydrogen) atoms. The van der Waals surface area contributed by atoms with E-state index in [1.54, 1.807) is 5.57 Å². The van der Waals surface area contributed by atoms with E-state index in [4.69, 9.17) is 5.73 Å². The maximum atomic E-state index is 5.71. The molecule has 1 saturated carbocycles. The molecule has 2 N–H and O–H groups in total. The monoisotopic (exact) mass is 125 g/mol. The number of allylic oxidation sites excluding steroid dienone is 1. The third-order valence-electron chi connectivity index (χ3n) is 1.85.